The maximum absolute atomic E-state index is 13.0. The van der Waals surface area contributed by atoms with Crippen LogP contribution in [-0.4, -0.2) is 44.1 Å². The molecule has 20 heavy (non-hydrogen) atoms. The minimum absolute atomic E-state index is 0.00907. The Morgan fingerprint density at radius 3 is 3.10 bits per heavy atom. The van der Waals surface area contributed by atoms with E-state index in [1.165, 1.54) is 18.2 Å². The molecule has 0 radical (unpaired) electrons. The first-order chi connectivity index (χ1) is 9.60. The predicted octanol–water partition coefficient (Wildman–Crippen LogP) is 1.93. The molecular weight excluding hydrogens is 283 g/mol. The average molecular weight is 301 g/mol. The summed E-state index contributed by atoms with van der Waals surface area (Å²) < 4.78 is 18.3. The first-order valence-electron chi connectivity index (χ1n) is 6.60. The summed E-state index contributed by atoms with van der Waals surface area (Å²) in [6, 6.07) is 4.06. The highest BCUT2D eigenvalue weighted by Gasteiger charge is 2.25. The maximum atomic E-state index is 13.0. The number of hydrogen-bond acceptors (Lipinski definition) is 3. The fourth-order valence-electron chi connectivity index (χ4n) is 2.32. The molecule has 1 aromatic carbocycles. The van der Waals surface area contributed by atoms with Crippen LogP contribution in [0.2, 0.25) is 5.02 Å². The standard InChI is InChI=1S/C14H18ClFN2O2/c1-17-7-10-4-5-18(8-10)14(19)9-20-11-2-3-13(16)12(15)6-11/h2-3,6,10,17H,4-5,7-9H2,1H3. The molecule has 0 aromatic heterocycles. The van der Waals surface area contributed by atoms with E-state index in [2.05, 4.69) is 5.32 Å². The summed E-state index contributed by atoms with van der Waals surface area (Å²) in [4.78, 5) is 13.8. The predicted molar refractivity (Wildman–Crippen MR) is 75.5 cm³/mol. The summed E-state index contributed by atoms with van der Waals surface area (Å²) in [5, 5.41) is 3.11. The highest BCUT2D eigenvalue weighted by molar-refractivity contribution is 6.30. The Balaban J connectivity index is 1.82. The van der Waals surface area contributed by atoms with Gasteiger partial charge in [-0.1, -0.05) is 11.6 Å². The lowest BCUT2D eigenvalue weighted by Gasteiger charge is -2.17. The Morgan fingerprint density at radius 1 is 1.60 bits per heavy atom. The molecule has 1 heterocycles. The summed E-state index contributed by atoms with van der Waals surface area (Å²) in [6.45, 7) is 2.39. The topological polar surface area (TPSA) is 41.6 Å². The molecule has 1 N–H and O–H groups in total. The Morgan fingerprint density at radius 2 is 2.40 bits per heavy atom. The lowest BCUT2D eigenvalue weighted by molar-refractivity contribution is -0.132. The molecule has 1 saturated heterocycles. The Labute approximate surface area is 122 Å². The van der Waals surface area contributed by atoms with E-state index in [1.54, 1.807) is 4.90 Å². The van der Waals surface area contributed by atoms with E-state index >= 15 is 0 Å². The van der Waals surface area contributed by atoms with Crippen LogP contribution in [0.4, 0.5) is 4.39 Å². The third kappa shape index (κ3) is 3.84. The minimum atomic E-state index is -0.500. The van der Waals surface area contributed by atoms with Gasteiger partial charge in [-0.2, -0.15) is 0 Å². The lowest BCUT2D eigenvalue weighted by atomic mass is 10.1. The fraction of sp³-hybridized carbons (Fsp3) is 0.500. The van der Waals surface area contributed by atoms with E-state index < -0.39 is 5.82 Å². The van der Waals surface area contributed by atoms with Crippen molar-refractivity contribution in [1.82, 2.24) is 10.2 Å². The number of ether oxygens (including phenoxy) is 1. The van der Waals surface area contributed by atoms with E-state index in [0.29, 0.717) is 11.7 Å². The van der Waals surface area contributed by atoms with Crippen LogP contribution < -0.4 is 10.1 Å². The lowest BCUT2D eigenvalue weighted by Crippen LogP contribution is -2.34. The van der Waals surface area contributed by atoms with Gasteiger partial charge in [0.2, 0.25) is 0 Å². The van der Waals surface area contributed by atoms with Crippen molar-refractivity contribution in [2.75, 3.05) is 33.3 Å². The van der Waals surface area contributed by atoms with Gasteiger partial charge >= 0.3 is 0 Å². The van der Waals surface area contributed by atoms with E-state index in [1.807, 2.05) is 7.05 Å². The molecule has 2 rings (SSSR count). The van der Waals surface area contributed by atoms with Crippen LogP contribution in [0.1, 0.15) is 6.42 Å². The number of nitrogens with zero attached hydrogens (tertiary/aromatic N) is 1. The van der Waals surface area contributed by atoms with Crippen molar-refractivity contribution in [1.29, 1.82) is 0 Å². The third-order valence-corrected chi connectivity index (χ3v) is 3.67. The quantitative estimate of drug-likeness (QED) is 0.903. The van der Waals surface area contributed by atoms with Crippen molar-refractivity contribution >= 4 is 17.5 Å². The van der Waals surface area contributed by atoms with Gasteiger partial charge in [-0.3, -0.25) is 4.79 Å². The number of amides is 1. The van der Waals surface area contributed by atoms with Gasteiger partial charge in [0.1, 0.15) is 11.6 Å². The molecule has 1 aliphatic heterocycles. The highest BCUT2D eigenvalue weighted by atomic mass is 35.5. The van der Waals surface area contributed by atoms with E-state index in [0.717, 1.165) is 26.1 Å². The van der Waals surface area contributed by atoms with Crippen molar-refractivity contribution in [3.05, 3.63) is 29.0 Å². The number of likely N-dealkylation sites (tertiary alicyclic amines) is 1. The van der Waals surface area contributed by atoms with E-state index in [9.17, 15) is 9.18 Å². The number of benzene rings is 1. The maximum Gasteiger partial charge on any atom is 0.260 e. The first-order valence-corrected chi connectivity index (χ1v) is 6.98. The van der Waals surface area contributed by atoms with Crippen LogP contribution in [-0.2, 0) is 4.79 Å². The molecule has 0 saturated carbocycles. The Hall–Kier alpha value is -1.33. The summed E-state index contributed by atoms with van der Waals surface area (Å²) in [7, 11) is 1.91. The van der Waals surface area contributed by atoms with Crippen LogP contribution in [0.3, 0.4) is 0 Å². The molecule has 1 unspecified atom stereocenters. The number of carbonyl (C=O) groups excluding carboxylic acids is 1. The summed E-state index contributed by atoms with van der Waals surface area (Å²) in [6.07, 6.45) is 1.01. The van der Waals surface area contributed by atoms with E-state index in [4.69, 9.17) is 16.3 Å². The zero-order valence-corrected chi connectivity index (χ0v) is 12.1. The zero-order chi connectivity index (χ0) is 14.5. The first kappa shape index (κ1) is 15.1. The van der Waals surface area contributed by atoms with Crippen molar-refractivity contribution in [2.45, 2.75) is 6.42 Å². The SMILES string of the molecule is CNCC1CCN(C(=O)COc2ccc(F)c(Cl)c2)C1. The monoisotopic (exact) mass is 300 g/mol. The molecule has 1 fully saturated rings. The van der Waals surface area contributed by atoms with Crippen LogP contribution in [0.15, 0.2) is 18.2 Å². The summed E-state index contributed by atoms with van der Waals surface area (Å²) in [5.41, 5.74) is 0. The number of carbonyl (C=O) groups is 1. The molecule has 0 aliphatic carbocycles. The second-order valence-electron chi connectivity index (χ2n) is 4.92. The summed E-state index contributed by atoms with van der Waals surface area (Å²) >= 11 is 5.65. The van der Waals surface area contributed by atoms with Crippen LogP contribution in [0, 0.1) is 11.7 Å². The van der Waals surface area contributed by atoms with Gasteiger partial charge in [0, 0.05) is 19.2 Å². The summed E-state index contributed by atoms with van der Waals surface area (Å²) in [5.74, 6) is 0.351. The molecule has 1 amide bonds. The highest BCUT2D eigenvalue weighted by Crippen LogP contribution is 2.21. The Bertz CT molecular complexity index is 484. The minimum Gasteiger partial charge on any atom is -0.484 e. The van der Waals surface area contributed by atoms with Gasteiger partial charge in [-0.15, -0.1) is 0 Å². The molecule has 1 atom stereocenters. The molecule has 4 nitrogen and oxygen atoms in total. The van der Waals surface area contributed by atoms with Crippen molar-refractivity contribution in [3.63, 3.8) is 0 Å². The van der Waals surface area contributed by atoms with Crippen molar-refractivity contribution < 1.29 is 13.9 Å². The van der Waals surface area contributed by atoms with Gasteiger partial charge in [0.25, 0.3) is 5.91 Å². The van der Waals surface area contributed by atoms with Gasteiger partial charge < -0.3 is 15.0 Å². The Kier molecular flexibility index (Phi) is 5.20. The molecule has 0 spiro atoms. The van der Waals surface area contributed by atoms with Crippen molar-refractivity contribution in [2.24, 2.45) is 5.92 Å². The van der Waals surface area contributed by atoms with Crippen molar-refractivity contribution in [3.8, 4) is 5.75 Å². The fourth-order valence-corrected chi connectivity index (χ4v) is 2.49. The largest absolute Gasteiger partial charge is 0.484 e. The average Bonchev–Trinajstić information content (AvgIpc) is 2.89. The molecular formula is C14H18ClFN2O2. The van der Waals surface area contributed by atoms with Crippen LogP contribution >= 0.6 is 11.6 Å². The van der Waals surface area contributed by atoms with Crippen LogP contribution in [0.5, 0.6) is 5.75 Å². The van der Waals surface area contributed by atoms with Gasteiger partial charge in [-0.25, -0.2) is 4.39 Å². The van der Waals surface area contributed by atoms with E-state index in [-0.39, 0.29) is 17.5 Å². The van der Waals surface area contributed by atoms with Gasteiger partial charge in [-0.05, 0) is 38.1 Å². The smallest absolute Gasteiger partial charge is 0.260 e. The number of nitrogens with one attached hydrogen (secondary N) is 1. The normalized spacial score (nSPS) is 18.4. The molecule has 1 aromatic rings. The third-order valence-electron chi connectivity index (χ3n) is 3.38. The molecule has 0 bridgehead atoms. The number of rotatable bonds is 5. The van der Waals surface area contributed by atoms with Gasteiger partial charge in [0.15, 0.2) is 6.61 Å². The number of hydrogen-bond donors (Lipinski definition) is 1. The molecule has 6 heteroatoms. The second kappa shape index (κ2) is 6.90. The molecule has 1 aliphatic rings. The number of halogens is 2. The molecule has 110 valence electrons. The zero-order valence-electron chi connectivity index (χ0n) is 11.4. The second-order valence-corrected chi connectivity index (χ2v) is 5.32. The van der Waals surface area contributed by atoms with Crippen LogP contribution in [0.25, 0.3) is 0 Å². The van der Waals surface area contributed by atoms with Gasteiger partial charge in [0.05, 0.1) is 5.02 Å².